The Kier molecular flexibility index (Phi) is 3.77. The topological polar surface area (TPSA) is 121 Å². The quantitative estimate of drug-likeness (QED) is 0.562. The minimum absolute atomic E-state index is 0.251. The molecule has 7 heteroatoms. The van der Waals surface area contributed by atoms with Crippen LogP contribution in [-0.2, 0) is 4.79 Å². The Balaban J connectivity index is 3.23. The van der Waals surface area contributed by atoms with Gasteiger partial charge in [-0.25, -0.2) is 9.18 Å². The lowest BCUT2D eigenvalue weighted by molar-refractivity contribution is -0.153. The summed E-state index contributed by atoms with van der Waals surface area (Å²) in [4.78, 5) is 21.4. The van der Waals surface area contributed by atoms with Gasteiger partial charge in [0.05, 0.1) is 0 Å². The van der Waals surface area contributed by atoms with Crippen LogP contribution in [0.3, 0.4) is 0 Å². The molecule has 0 aliphatic rings. The number of aliphatic carboxylic acids is 1. The fourth-order valence-electron chi connectivity index (χ4n) is 1.31. The van der Waals surface area contributed by atoms with Crippen molar-refractivity contribution in [2.45, 2.75) is 12.2 Å². The van der Waals surface area contributed by atoms with Crippen LogP contribution in [0, 0.1) is 5.82 Å². The van der Waals surface area contributed by atoms with Gasteiger partial charge in [-0.2, -0.15) is 0 Å². The smallest absolute Gasteiger partial charge is 0.335 e. The molecule has 0 heterocycles. The van der Waals surface area contributed by atoms with Crippen LogP contribution in [0.2, 0.25) is 0 Å². The first-order chi connectivity index (χ1) is 7.84. The van der Waals surface area contributed by atoms with Gasteiger partial charge in [-0.15, -0.1) is 0 Å². The van der Waals surface area contributed by atoms with Gasteiger partial charge in [-0.1, -0.05) is 0 Å². The van der Waals surface area contributed by atoms with E-state index in [2.05, 4.69) is 0 Å². The number of hydrogen-bond donors (Lipinski definition) is 4. The summed E-state index contributed by atoms with van der Waals surface area (Å²) in [5.74, 6) is -3.45. The number of rotatable bonds is 4. The van der Waals surface area contributed by atoms with E-state index in [0.29, 0.717) is 0 Å². The van der Waals surface area contributed by atoms with E-state index in [1.54, 1.807) is 0 Å². The molecular weight excluding hydrogens is 233 g/mol. The van der Waals surface area contributed by atoms with Crippen molar-refractivity contribution in [3.8, 4) is 0 Å². The molecule has 0 saturated heterocycles. The molecule has 0 aliphatic carbocycles. The van der Waals surface area contributed by atoms with E-state index in [0.717, 1.165) is 18.2 Å². The lowest BCUT2D eigenvalue weighted by Gasteiger charge is -2.16. The van der Waals surface area contributed by atoms with E-state index < -0.39 is 29.9 Å². The maximum absolute atomic E-state index is 12.9. The van der Waals surface area contributed by atoms with Gasteiger partial charge in [-0.05, 0) is 23.8 Å². The fraction of sp³-hybridized carbons (Fsp3) is 0.200. The highest BCUT2D eigenvalue weighted by molar-refractivity contribution is 5.94. The molecule has 0 aliphatic heterocycles. The number of carbonyl (C=O) groups excluding carboxylic acids is 1. The molecule has 1 rings (SSSR count). The molecule has 17 heavy (non-hydrogen) atoms. The van der Waals surface area contributed by atoms with Crippen LogP contribution in [0.25, 0.3) is 0 Å². The van der Waals surface area contributed by atoms with E-state index in [1.807, 2.05) is 0 Å². The first kappa shape index (κ1) is 13.1. The lowest BCUT2D eigenvalue weighted by Crippen LogP contribution is -2.29. The zero-order valence-corrected chi connectivity index (χ0v) is 8.50. The molecule has 0 saturated carbocycles. The monoisotopic (exact) mass is 243 g/mol. The number of benzene rings is 1. The number of halogens is 1. The Morgan fingerprint density at radius 3 is 2.35 bits per heavy atom. The Bertz CT molecular complexity index is 462. The molecule has 1 aromatic rings. The fourth-order valence-corrected chi connectivity index (χ4v) is 1.31. The number of aliphatic hydroxyl groups excluding tert-OH is 2. The standard InChI is InChI=1S/C10H10FNO5/c11-4-1-2-5(9(12)15)6(3-4)7(13)8(14)10(16)17/h1-3,7-8,13-14H,(H2,12,15)(H,16,17). The number of aliphatic hydroxyl groups is 2. The third kappa shape index (κ3) is 2.77. The zero-order chi connectivity index (χ0) is 13.2. The Morgan fingerprint density at radius 2 is 1.88 bits per heavy atom. The Hall–Kier alpha value is -1.99. The third-order valence-corrected chi connectivity index (χ3v) is 2.15. The molecule has 0 spiro atoms. The normalized spacial score (nSPS) is 14.1. The maximum atomic E-state index is 12.9. The SMILES string of the molecule is NC(=O)c1ccc(F)cc1C(O)C(O)C(=O)O. The summed E-state index contributed by atoms with van der Waals surface area (Å²) in [6, 6.07) is 2.69. The van der Waals surface area contributed by atoms with Crippen LogP contribution < -0.4 is 5.73 Å². The highest BCUT2D eigenvalue weighted by Gasteiger charge is 2.28. The third-order valence-electron chi connectivity index (χ3n) is 2.15. The van der Waals surface area contributed by atoms with E-state index >= 15 is 0 Å². The van der Waals surface area contributed by atoms with Crippen molar-refractivity contribution in [2.75, 3.05) is 0 Å². The summed E-state index contributed by atoms with van der Waals surface area (Å²) < 4.78 is 12.9. The predicted octanol–water partition coefficient (Wildman–Crippen LogP) is -0.597. The maximum Gasteiger partial charge on any atom is 0.335 e. The summed E-state index contributed by atoms with van der Waals surface area (Å²) in [6.45, 7) is 0. The second-order valence-electron chi connectivity index (χ2n) is 3.32. The number of carboxylic acids is 1. The number of carbonyl (C=O) groups is 2. The molecule has 0 radical (unpaired) electrons. The van der Waals surface area contributed by atoms with Crippen molar-refractivity contribution in [1.29, 1.82) is 0 Å². The van der Waals surface area contributed by atoms with Gasteiger partial charge in [0.1, 0.15) is 11.9 Å². The molecule has 6 nitrogen and oxygen atoms in total. The highest BCUT2D eigenvalue weighted by Crippen LogP contribution is 2.22. The van der Waals surface area contributed by atoms with Crippen molar-refractivity contribution in [2.24, 2.45) is 5.73 Å². The van der Waals surface area contributed by atoms with Crippen molar-refractivity contribution < 1.29 is 29.3 Å². The number of primary amides is 1. The zero-order valence-electron chi connectivity index (χ0n) is 8.50. The van der Waals surface area contributed by atoms with Gasteiger partial charge >= 0.3 is 5.97 Å². The van der Waals surface area contributed by atoms with Gasteiger partial charge in [0, 0.05) is 5.56 Å². The minimum atomic E-state index is -2.17. The van der Waals surface area contributed by atoms with Crippen molar-refractivity contribution >= 4 is 11.9 Å². The largest absolute Gasteiger partial charge is 0.479 e. The Labute approximate surface area is 95.1 Å². The summed E-state index contributed by atoms with van der Waals surface area (Å²) in [5, 5.41) is 27.1. The predicted molar refractivity (Wildman–Crippen MR) is 53.5 cm³/mol. The van der Waals surface area contributed by atoms with Crippen LogP contribution in [0.4, 0.5) is 4.39 Å². The number of amides is 1. The average molecular weight is 243 g/mol. The van der Waals surface area contributed by atoms with E-state index in [-0.39, 0.29) is 11.1 Å². The second-order valence-corrected chi connectivity index (χ2v) is 3.32. The number of carboxylic acid groups (broad SMARTS) is 1. The summed E-state index contributed by atoms with van der Waals surface area (Å²) in [6.07, 6.45) is -4.11. The minimum Gasteiger partial charge on any atom is -0.479 e. The molecule has 0 bridgehead atoms. The van der Waals surface area contributed by atoms with Crippen LogP contribution in [0.5, 0.6) is 0 Å². The Morgan fingerprint density at radius 1 is 1.29 bits per heavy atom. The van der Waals surface area contributed by atoms with E-state index in [4.69, 9.17) is 15.9 Å². The van der Waals surface area contributed by atoms with Crippen molar-refractivity contribution in [3.05, 3.63) is 35.1 Å². The first-order valence-corrected chi connectivity index (χ1v) is 4.52. The van der Waals surface area contributed by atoms with E-state index in [9.17, 15) is 19.1 Å². The number of hydrogen-bond acceptors (Lipinski definition) is 4. The van der Waals surface area contributed by atoms with Gasteiger partial charge in [0.2, 0.25) is 5.91 Å². The van der Waals surface area contributed by atoms with Gasteiger partial charge in [0.25, 0.3) is 0 Å². The first-order valence-electron chi connectivity index (χ1n) is 4.52. The van der Waals surface area contributed by atoms with Gasteiger partial charge < -0.3 is 21.1 Å². The molecule has 5 N–H and O–H groups in total. The van der Waals surface area contributed by atoms with E-state index in [1.165, 1.54) is 0 Å². The molecule has 2 atom stereocenters. The van der Waals surface area contributed by atoms with Crippen molar-refractivity contribution in [1.82, 2.24) is 0 Å². The summed E-state index contributed by atoms with van der Waals surface area (Å²) >= 11 is 0. The van der Waals surface area contributed by atoms with Crippen LogP contribution in [0.15, 0.2) is 18.2 Å². The summed E-state index contributed by atoms with van der Waals surface area (Å²) in [5.41, 5.74) is 4.36. The molecule has 1 amide bonds. The van der Waals surface area contributed by atoms with Gasteiger partial charge in [-0.3, -0.25) is 4.79 Å². The molecule has 1 aromatic carbocycles. The second kappa shape index (κ2) is 4.89. The molecule has 2 unspecified atom stereocenters. The van der Waals surface area contributed by atoms with Crippen LogP contribution in [-0.4, -0.2) is 33.3 Å². The molecule has 92 valence electrons. The molecule has 0 aromatic heterocycles. The highest BCUT2D eigenvalue weighted by atomic mass is 19.1. The molecular formula is C10H10FNO5. The number of nitrogens with two attached hydrogens (primary N) is 1. The summed E-state index contributed by atoms with van der Waals surface area (Å²) in [7, 11) is 0. The average Bonchev–Trinajstić information content (AvgIpc) is 2.26. The molecule has 0 fully saturated rings. The van der Waals surface area contributed by atoms with Crippen LogP contribution in [0.1, 0.15) is 22.0 Å². The van der Waals surface area contributed by atoms with Crippen molar-refractivity contribution in [3.63, 3.8) is 0 Å². The lowest BCUT2D eigenvalue weighted by atomic mass is 9.98. The van der Waals surface area contributed by atoms with Crippen LogP contribution >= 0.6 is 0 Å². The van der Waals surface area contributed by atoms with Gasteiger partial charge in [0.15, 0.2) is 6.10 Å².